The second kappa shape index (κ2) is 2.71. The summed E-state index contributed by atoms with van der Waals surface area (Å²) in [6, 6.07) is 1.10. The number of hydrogen-bond acceptors (Lipinski definition) is 3. The number of hydroxylamine groups is 1. The number of nitrogens with zero attached hydrogens (tertiary/aromatic N) is 2. The first kappa shape index (κ1) is 7.74. The van der Waals surface area contributed by atoms with E-state index in [2.05, 4.69) is 5.10 Å². The number of aryl methyl sites for hydroxylation is 2. The molecule has 0 atom stereocenters. The van der Waals surface area contributed by atoms with Crippen LogP contribution in [-0.4, -0.2) is 21.0 Å². The van der Waals surface area contributed by atoms with Crippen LogP contribution < -0.4 is 5.48 Å². The number of aromatic nitrogens is 2. The van der Waals surface area contributed by atoms with E-state index in [4.69, 9.17) is 5.21 Å². The molecule has 1 aromatic heterocycles. The maximum atomic E-state index is 10.8. The Morgan fingerprint density at radius 1 is 1.73 bits per heavy atom. The fraction of sp³-hybridized carbons (Fsp3) is 0.333. The van der Waals surface area contributed by atoms with Gasteiger partial charge in [0.15, 0.2) is 0 Å². The Kier molecular flexibility index (Phi) is 1.91. The van der Waals surface area contributed by atoms with Crippen LogP contribution in [0.1, 0.15) is 11.4 Å². The predicted octanol–water partition coefficient (Wildman–Crippen LogP) is 0.447. The Labute approximate surface area is 63.6 Å². The molecule has 1 aromatic rings. The molecule has 60 valence electrons. The van der Waals surface area contributed by atoms with E-state index in [0.717, 1.165) is 10.4 Å². The van der Waals surface area contributed by atoms with Crippen molar-refractivity contribution < 1.29 is 10.0 Å². The lowest BCUT2D eigenvalue weighted by Gasteiger charge is -1.98. The highest BCUT2D eigenvalue weighted by Crippen LogP contribution is 1.99. The molecule has 5 heteroatoms. The van der Waals surface area contributed by atoms with Crippen molar-refractivity contribution in [2.24, 2.45) is 0 Å². The van der Waals surface area contributed by atoms with Gasteiger partial charge in [-0.15, -0.1) is 0 Å². The highest BCUT2D eigenvalue weighted by Gasteiger charge is 2.07. The highest BCUT2D eigenvalue weighted by atomic mass is 16.5. The first-order valence-corrected chi connectivity index (χ1v) is 3.13. The SMILES string of the molecule is Cc1cc(C)n(C(=O)NO)n1. The first-order chi connectivity index (χ1) is 5.15. The lowest BCUT2D eigenvalue weighted by Crippen LogP contribution is -2.26. The van der Waals surface area contributed by atoms with E-state index < -0.39 is 6.03 Å². The molecule has 0 unspecified atom stereocenters. The van der Waals surface area contributed by atoms with Gasteiger partial charge in [-0.2, -0.15) is 9.78 Å². The zero-order valence-corrected chi connectivity index (χ0v) is 6.33. The van der Waals surface area contributed by atoms with Gasteiger partial charge in [0.1, 0.15) is 0 Å². The van der Waals surface area contributed by atoms with Crippen molar-refractivity contribution >= 4 is 6.03 Å². The van der Waals surface area contributed by atoms with Crippen LogP contribution in [0.2, 0.25) is 0 Å². The van der Waals surface area contributed by atoms with Gasteiger partial charge in [0, 0.05) is 5.69 Å². The van der Waals surface area contributed by atoms with Gasteiger partial charge in [-0.05, 0) is 19.9 Å². The summed E-state index contributed by atoms with van der Waals surface area (Å²) in [4.78, 5) is 10.8. The van der Waals surface area contributed by atoms with E-state index in [0.29, 0.717) is 5.69 Å². The van der Waals surface area contributed by atoms with Gasteiger partial charge in [0.25, 0.3) is 0 Å². The molecule has 0 fully saturated rings. The molecule has 0 bridgehead atoms. The number of amides is 1. The fourth-order valence-electron chi connectivity index (χ4n) is 0.882. The lowest BCUT2D eigenvalue weighted by molar-refractivity contribution is 0.160. The third-order valence-electron chi connectivity index (χ3n) is 1.30. The number of carbonyl (C=O) groups excluding carboxylic acids is 1. The molecule has 0 aliphatic rings. The molecule has 1 rings (SSSR count). The molecular formula is C6H9N3O2. The molecule has 0 aliphatic heterocycles. The lowest BCUT2D eigenvalue weighted by atomic mass is 10.4. The molecule has 0 saturated heterocycles. The van der Waals surface area contributed by atoms with Crippen molar-refractivity contribution in [3.05, 3.63) is 17.5 Å². The van der Waals surface area contributed by atoms with Gasteiger partial charge >= 0.3 is 6.03 Å². The van der Waals surface area contributed by atoms with Crippen molar-refractivity contribution in [2.45, 2.75) is 13.8 Å². The molecule has 0 spiro atoms. The summed E-state index contributed by atoms with van der Waals surface area (Å²) in [7, 11) is 0. The van der Waals surface area contributed by atoms with Crippen LogP contribution in [0, 0.1) is 13.8 Å². The van der Waals surface area contributed by atoms with Crippen LogP contribution in [0.15, 0.2) is 6.07 Å². The van der Waals surface area contributed by atoms with E-state index in [9.17, 15) is 4.79 Å². The summed E-state index contributed by atoms with van der Waals surface area (Å²) in [5.41, 5.74) is 2.93. The van der Waals surface area contributed by atoms with Gasteiger partial charge in [-0.1, -0.05) is 0 Å². The number of rotatable bonds is 0. The van der Waals surface area contributed by atoms with Crippen LogP contribution in [0.5, 0.6) is 0 Å². The summed E-state index contributed by atoms with van der Waals surface area (Å²) in [6.45, 7) is 3.50. The van der Waals surface area contributed by atoms with Crippen molar-refractivity contribution in [1.29, 1.82) is 0 Å². The van der Waals surface area contributed by atoms with E-state index in [-0.39, 0.29) is 0 Å². The summed E-state index contributed by atoms with van der Waals surface area (Å²) >= 11 is 0. The summed E-state index contributed by atoms with van der Waals surface area (Å²) in [5, 5.41) is 12.1. The summed E-state index contributed by atoms with van der Waals surface area (Å²) in [6.07, 6.45) is 0. The van der Waals surface area contributed by atoms with Crippen LogP contribution in [-0.2, 0) is 0 Å². The van der Waals surface area contributed by atoms with Crippen LogP contribution in [0.4, 0.5) is 4.79 Å². The second-order valence-corrected chi connectivity index (χ2v) is 2.26. The molecule has 11 heavy (non-hydrogen) atoms. The summed E-state index contributed by atoms with van der Waals surface area (Å²) < 4.78 is 1.09. The quantitative estimate of drug-likeness (QED) is 0.422. The van der Waals surface area contributed by atoms with Gasteiger partial charge in [-0.25, -0.2) is 10.3 Å². The fourth-order valence-corrected chi connectivity index (χ4v) is 0.882. The van der Waals surface area contributed by atoms with Gasteiger partial charge in [0.05, 0.1) is 5.69 Å². The molecule has 0 aliphatic carbocycles. The van der Waals surface area contributed by atoms with Gasteiger partial charge < -0.3 is 0 Å². The highest BCUT2D eigenvalue weighted by molar-refractivity contribution is 5.75. The molecule has 0 saturated carbocycles. The van der Waals surface area contributed by atoms with Gasteiger partial charge in [-0.3, -0.25) is 5.21 Å². The van der Waals surface area contributed by atoms with Crippen molar-refractivity contribution in [1.82, 2.24) is 15.3 Å². The van der Waals surface area contributed by atoms with Crippen LogP contribution in [0.25, 0.3) is 0 Å². The Morgan fingerprint density at radius 2 is 2.36 bits per heavy atom. The Bertz CT molecular complexity index is 279. The first-order valence-electron chi connectivity index (χ1n) is 3.13. The molecule has 0 radical (unpaired) electrons. The minimum Gasteiger partial charge on any atom is -0.287 e. The monoisotopic (exact) mass is 155 g/mol. The molecule has 1 heterocycles. The van der Waals surface area contributed by atoms with Crippen LogP contribution >= 0.6 is 0 Å². The summed E-state index contributed by atoms with van der Waals surface area (Å²) in [5.74, 6) is 0. The van der Waals surface area contributed by atoms with Crippen molar-refractivity contribution in [3.8, 4) is 0 Å². The zero-order valence-electron chi connectivity index (χ0n) is 6.33. The average Bonchev–Trinajstić information content (AvgIpc) is 2.28. The zero-order chi connectivity index (χ0) is 8.43. The molecular weight excluding hydrogens is 146 g/mol. The largest absolute Gasteiger partial charge is 0.365 e. The topological polar surface area (TPSA) is 67.2 Å². The number of carbonyl (C=O) groups is 1. The molecule has 5 nitrogen and oxygen atoms in total. The maximum absolute atomic E-state index is 10.8. The Morgan fingerprint density at radius 3 is 2.73 bits per heavy atom. The maximum Gasteiger partial charge on any atom is 0.365 e. The number of nitrogens with one attached hydrogen (secondary N) is 1. The molecule has 1 amide bonds. The van der Waals surface area contributed by atoms with Crippen molar-refractivity contribution in [2.75, 3.05) is 0 Å². The smallest absolute Gasteiger partial charge is 0.287 e. The minimum atomic E-state index is -0.643. The van der Waals surface area contributed by atoms with E-state index >= 15 is 0 Å². The average molecular weight is 155 g/mol. The Hall–Kier alpha value is -1.36. The third-order valence-corrected chi connectivity index (χ3v) is 1.30. The third kappa shape index (κ3) is 1.38. The minimum absolute atomic E-state index is 0.643. The Balaban J connectivity index is 3.03. The predicted molar refractivity (Wildman–Crippen MR) is 37.4 cm³/mol. The molecule has 2 N–H and O–H groups in total. The van der Waals surface area contributed by atoms with E-state index in [1.165, 1.54) is 5.48 Å². The van der Waals surface area contributed by atoms with Gasteiger partial charge in [0.2, 0.25) is 0 Å². The van der Waals surface area contributed by atoms with E-state index in [1.54, 1.807) is 19.9 Å². The van der Waals surface area contributed by atoms with Crippen LogP contribution in [0.3, 0.4) is 0 Å². The normalized spacial score (nSPS) is 9.73. The van der Waals surface area contributed by atoms with E-state index in [1.807, 2.05) is 0 Å². The second-order valence-electron chi connectivity index (χ2n) is 2.26. The number of hydrogen-bond donors (Lipinski definition) is 2. The van der Waals surface area contributed by atoms with Crippen molar-refractivity contribution in [3.63, 3.8) is 0 Å². The molecule has 0 aromatic carbocycles. The standard InChI is InChI=1S/C6H9N3O2/c1-4-3-5(2)9(7-4)6(10)8-11/h3,11H,1-2H3,(H,8,10).